The molecule has 0 spiro atoms. The zero-order valence-electron chi connectivity index (χ0n) is 10.9. The summed E-state index contributed by atoms with van der Waals surface area (Å²) in [5.74, 6) is -0.712. The molecule has 0 aromatic rings. The third-order valence-corrected chi connectivity index (χ3v) is 4.59. The highest BCUT2D eigenvalue weighted by Gasteiger charge is 2.41. The minimum Gasteiger partial charge on any atom is -0.481 e. The molecule has 1 saturated carbocycles. The lowest BCUT2D eigenvalue weighted by Crippen LogP contribution is -2.58. The maximum atomic E-state index is 11.0. The van der Waals surface area contributed by atoms with Crippen LogP contribution in [0.25, 0.3) is 0 Å². The van der Waals surface area contributed by atoms with Gasteiger partial charge in [0, 0.05) is 38.3 Å². The van der Waals surface area contributed by atoms with Gasteiger partial charge in [0.2, 0.25) is 0 Å². The van der Waals surface area contributed by atoms with Gasteiger partial charge in [0.05, 0.1) is 5.92 Å². The molecule has 2 rings (SSSR count). The van der Waals surface area contributed by atoms with Crippen LogP contribution in [0.2, 0.25) is 0 Å². The molecule has 1 heterocycles. The van der Waals surface area contributed by atoms with Crippen LogP contribution >= 0.6 is 0 Å². The molecule has 3 atom stereocenters. The molecule has 0 radical (unpaired) electrons. The Morgan fingerprint density at radius 1 is 1.29 bits per heavy atom. The van der Waals surface area contributed by atoms with E-state index in [-0.39, 0.29) is 5.92 Å². The Morgan fingerprint density at radius 3 is 2.35 bits per heavy atom. The minimum absolute atomic E-state index is 0.106. The predicted molar refractivity (Wildman–Crippen MR) is 67.0 cm³/mol. The van der Waals surface area contributed by atoms with Gasteiger partial charge in [-0.3, -0.25) is 14.6 Å². The summed E-state index contributed by atoms with van der Waals surface area (Å²) >= 11 is 0. The first-order valence-electron chi connectivity index (χ1n) is 6.84. The summed E-state index contributed by atoms with van der Waals surface area (Å²) in [6.45, 7) is 8.77. The summed E-state index contributed by atoms with van der Waals surface area (Å²) < 4.78 is 0. The standard InChI is InChI=1S/C13H24N2O2/c1-3-10(2)14-6-8-15(9-7-14)12-5-4-11(12)13(16)17/h10-12H,3-9H2,1-2H3,(H,16,17). The van der Waals surface area contributed by atoms with Gasteiger partial charge in [0.1, 0.15) is 0 Å². The SMILES string of the molecule is CCC(C)N1CCN(C2CCC2C(=O)O)CC1. The molecule has 1 N–H and O–H groups in total. The fourth-order valence-corrected chi connectivity index (χ4v) is 2.98. The molecule has 0 bridgehead atoms. The van der Waals surface area contributed by atoms with Gasteiger partial charge in [-0.15, -0.1) is 0 Å². The van der Waals surface area contributed by atoms with E-state index in [0.717, 1.165) is 39.0 Å². The highest BCUT2D eigenvalue weighted by Crippen LogP contribution is 2.33. The van der Waals surface area contributed by atoms with Gasteiger partial charge in [-0.05, 0) is 26.2 Å². The van der Waals surface area contributed by atoms with E-state index in [1.54, 1.807) is 0 Å². The van der Waals surface area contributed by atoms with Crippen molar-refractivity contribution in [3.63, 3.8) is 0 Å². The van der Waals surface area contributed by atoms with Crippen LogP contribution in [-0.2, 0) is 4.79 Å². The third kappa shape index (κ3) is 2.63. The average Bonchev–Trinajstić information content (AvgIpc) is 2.27. The molecular formula is C13H24N2O2. The van der Waals surface area contributed by atoms with Crippen molar-refractivity contribution in [3.05, 3.63) is 0 Å². The van der Waals surface area contributed by atoms with Gasteiger partial charge >= 0.3 is 5.97 Å². The molecular weight excluding hydrogens is 216 g/mol. The van der Waals surface area contributed by atoms with Crippen molar-refractivity contribution < 1.29 is 9.90 Å². The molecule has 1 saturated heterocycles. The Morgan fingerprint density at radius 2 is 1.94 bits per heavy atom. The summed E-state index contributed by atoms with van der Waals surface area (Å²) in [7, 11) is 0. The average molecular weight is 240 g/mol. The predicted octanol–water partition coefficient (Wildman–Crippen LogP) is 1.27. The van der Waals surface area contributed by atoms with E-state index >= 15 is 0 Å². The number of nitrogens with zero attached hydrogens (tertiary/aromatic N) is 2. The van der Waals surface area contributed by atoms with Crippen LogP contribution < -0.4 is 0 Å². The molecule has 2 fully saturated rings. The number of piperazine rings is 1. The zero-order chi connectivity index (χ0) is 12.4. The molecule has 2 aliphatic rings. The van der Waals surface area contributed by atoms with Crippen molar-refractivity contribution in [1.29, 1.82) is 0 Å². The van der Waals surface area contributed by atoms with Gasteiger partial charge in [0.15, 0.2) is 0 Å². The Balaban J connectivity index is 1.81. The van der Waals surface area contributed by atoms with Crippen LogP contribution in [0.1, 0.15) is 33.1 Å². The molecule has 1 aliphatic carbocycles. The number of carboxylic acids is 1. The fourth-order valence-electron chi connectivity index (χ4n) is 2.98. The minimum atomic E-state index is -0.606. The van der Waals surface area contributed by atoms with E-state index < -0.39 is 5.97 Å². The molecule has 4 nitrogen and oxygen atoms in total. The quantitative estimate of drug-likeness (QED) is 0.803. The van der Waals surface area contributed by atoms with E-state index in [1.807, 2.05) is 0 Å². The van der Waals surface area contributed by atoms with Crippen LogP contribution in [-0.4, -0.2) is 59.1 Å². The number of hydrogen-bond acceptors (Lipinski definition) is 3. The monoisotopic (exact) mass is 240 g/mol. The Bertz CT molecular complexity index is 275. The van der Waals surface area contributed by atoms with Crippen molar-refractivity contribution in [2.45, 2.75) is 45.2 Å². The van der Waals surface area contributed by atoms with Crippen LogP contribution in [0.4, 0.5) is 0 Å². The molecule has 1 aliphatic heterocycles. The van der Waals surface area contributed by atoms with E-state index in [1.165, 1.54) is 6.42 Å². The van der Waals surface area contributed by atoms with Gasteiger partial charge in [-0.1, -0.05) is 6.92 Å². The molecule has 0 amide bonds. The smallest absolute Gasteiger partial charge is 0.308 e. The fraction of sp³-hybridized carbons (Fsp3) is 0.923. The normalized spacial score (nSPS) is 33.1. The van der Waals surface area contributed by atoms with Crippen LogP contribution in [0.15, 0.2) is 0 Å². The number of carbonyl (C=O) groups is 1. The first-order valence-corrected chi connectivity index (χ1v) is 6.84. The molecule has 0 aromatic heterocycles. The van der Waals surface area contributed by atoms with Crippen molar-refractivity contribution >= 4 is 5.97 Å². The zero-order valence-corrected chi connectivity index (χ0v) is 10.9. The second kappa shape index (κ2) is 5.36. The summed E-state index contributed by atoms with van der Waals surface area (Å²) in [5.41, 5.74) is 0. The van der Waals surface area contributed by atoms with E-state index in [2.05, 4.69) is 23.6 Å². The van der Waals surface area contributed by atoms with Crippen LogP contribution in [0.3, 0.4) is 0 Å². The number of hydrogen-bond donors (Lipinski definition) is 1. The van der Waals surface area contributed by atoms with Gasteiger partial charge in [-0.2, -0.15) is 0 Å². The van der Waals surface area contributed by atoms with E-state index in [0.29, 0.717) is 12.1 Å². The molecule has 4 heteroatoms. The van der Waals surface area contributed by atoms with Gasteiger partial charge in [0.25, 0.3) is 0 Å². The first kappa shape index (κ1) is 12.8. The van der Waals surface area contributed by atoms with E-state index in [4.69, 9.17) is 5.11 Å². The van der Waals surface area contributed by atoms with Crippen molar-refractivity contribution in [2.75, 3.05) is 26.2 Å². The third-order valence-electron chi connectivity index (χ3n) is 4.59. The van der Waals surface area contributed by atoms with Crippen LogP contribution in [0, 0.1) is 5.92 Å². The summed E-state index contributed by atoms with van der Waals surface area (Å²) in [6.07, 6.45) is 3.13. The molecule has 3 unspecified atom stereocenters. The lowest BCUT2D eigenvalue weighted by molar-refractivity contribution is -0.149. The number of rotatable bonds is 4. The second-order valence-corrected chi connectivity index (χ2v) is 5.42. The van der Waals surface area contributed by atoms with Gasteiger partial charge < -0.3 is 5.11 Å². The lowest BCUT2D eigenvalue weighted by atomic mass is 9.78. The molecule has 98 valence electrons. The molecule has 17 heavy (non-hydrogen) atoms. The summed E-state index contributed by atoms with van der Waals surface area (Å²) in [4.78, 5) is 15.9. The second-order valence-electron chi connectivity index (χ2n) is 5.42. The largest absolute Gasteiger partial charge is 0.481 e. The Labute approximate surface area is 104 Å². The van der Waals surface area contributed by atoms with E-state index in [9.17, 15) is 4.79 Å². The Kier molecular flexibility index (Phi) is 4.05. The topological polar surface area (TPSA) is 43.8 Å². The van der Waals surface area contributed by atoms with Crippen molar-refractivity contribution in [3.8, 4) is 0 Å². The number of carboxylic acid groups (broad SMARTS) is 1. The highest BCUT2D eigenvalue weighted by atomic mass is 16.4. The van der Waals surface area contributed by atoms with Crippen molar-refractivity contribution in [1.82, 2.24) is 9.80 Å². The maximum absolute atomic E-state index is 11.0. The summed E-state index contributed by atoms with van der Waals surface area (Å²) in [6, 6.07) is 0.973. The summed E-state index contributed by atoms with van der Waals surface area (Å²) in [5, 5.41) is 9.08. The highest BCUT2D eigenvalue weighted by molar-refractivity contribution is 5.72. The van der Waals surface area contributed by atoms with Gasteiger partial charge in [-0.25, -0.2) is 0 Å². The molecule has 0 aromatic carbocycles. The van der Waals surface area contributed by atoms with Crippen LogP contribution in [0.5, 0.6) is 0 Å². The number of aliphatic carboxylic acids is 1. The van der Waals surface area contributed by atoms with Crippen molar-refractivity contribution in [2.24, 2.45) is 5.92 Å². The lowest BCUT2D eigenvalue weighted by Gasteiger charge is -2.47. The Hall–Kier alpha value is -0.610. The maximum Gasteiger partial charge on any atom is 0.308 e. The first-order chi connectivity index (χ1) is 8.13.